The molecule has 0 spiro atoms. The van der Waals surface area contributed by atoms with E-state index in [2.05, 4.69) is 19.6 Å². The van der Waals surface area contributed by atoms with Crippen molar-refractivity contribution in [3.63, 3.8) is 0 Å². The Hall–Kier alpha value is -1.81. The maximum atomic E-state index is 6.04. The van der Waals surface area contributed by atoms with Crippen molar-refractivity contribution >= 4 is 12.6 Å². The van der Waals surface area contributed by atoms with E-state index in [1.807, 2.05) is 42.5 Å². The zero-order valence-corrected chi connectivity index (χ0v) is 14.8. The summed E-state index contributed by atoms with van der Waals surface area (Å²) in [6.45, 7) is 2.74. The van der Waals surface area contributed by atoms with E-state index < -0.39 is 0 Å². The second-order valence-electron chi connectivity index (χ2n) is 5.27. The molecule has 0 saturated carbocycles. The summed E-state index contributed by atoms with van der Waals surface area (Å²) in [6.07, 6.45) is 1.93. The van der Waals surface area contributed by atoms with Crippen LogP contribution in [-0.4, -0.2) is 26.1 Å². The van der Waals surface area contributed by atoms with Gasteiger partial charge in [0.15, 0.2) is 11.5 Å². The van der Waals surface area contributed by atoms with Crippen LogP contribution in [0.2, 0.25) is 0 Å². The van der Waals surface area contributed by atoms with Crippen LogP contribution in [-0.2, 0) is 0 Å². The van der Waals surface area contributed by atoms with Crippen molar-refractivity contribution in [1.82, 2.24) is 0 Å². The lowest BCUT2D eigenvalue weighted by Crippen LogP contribution is -2.07. The average molecular weight is 332 g/mol. The lowest BCUT2D eigenvalue weighted by molar-refractivity contribution is 0.289. The van der Waals surface area contributed by atoms with E-state index >= 15 is 0 Å². The van der Waals surface area contributed by atoms with E-state index in [-0.39, 0.29) is 0 Å². The highest BCUT2D eigenvalue weighted by atomic mass is 32.1. The Morgan fingerprint density at radius 2 is 1.83 bits per heavy atom. The summed E-state index contributed by atoms with van der Waals surface area (Å²) in [6, 6.07) is 13.8. The molecule has 0 saturated heterocycles. The zero-order valence-electron chi connectivity index (χ0n) is 13.9. The molecule has 2 aromatic rings. The van der Waals surface area contributed by atoms with Crippen LogP contribution < -0.4 is 14.2 Å². The van der Waals surface area contributed by atoms with Crippen LogP contribution in [0.25, 0.3) is 11.1 Å². The molecule has 1 atom stereocenters. The molecule has 0 radical (unpaired) electrons. The molecule has 0 bridgehead atoms. The first kappa shape index (κ1) is 17.5. The number of benzene rings is 2. The fourth-order valence-corrected chi connectivity index (χ4v) is 2.45. The maximum absolute atomic E-state index is 6.04. The van der Waals surface area contributed by atoms with Crippen molar-refractivity contribution in [2.75, 3.05) is 20.8 Å². The standard InChI is InChI=1S/C19H24O3S/c1-4-16(23)11-12-22-19-17(9-6-10-18(19)21-3)14-7-5-8-15(13-14)20-2/h5-10,13,16,23H,4,11-12H2,1-3H3. The molecule has 23 heavy (non-hydrogen) atoms. The summed E-state index contributed by atoms with van der Waals surface area (Å²) in [5, 5.41) is 0.352. The zero-order chi connectivity index (χ0) is 16.7. The van der Waals surface area contributed by atoms with E-state index in [4.69, 9.17) is 14.2 Å². The van der Waals surface area contributed by atoms with Gasteiger partial charge in [-0.25, -0.2) is 0 Å². The molecule has 0 fully saturated rings. The number of rotatable bonds is 8. The van der Waals surface area contributed by atoms with Gasteiger partial charge in [-0.3, -0.25) is 0 Å². The molecular weight excluding hydrogens is 308 g/mol. The highest BCUT2D eigenvalue weighted by Crippen LogP contribution is 2.39. The average Bonchev–Trinajstić information content (AvgIpc) is 2.61. The van der Waals surface area contributed by atoms with Gasteiger partial charge in [0.05, 0.1) is 20.8 Å². The third kappa shape index (κ3) is 4.58. The van der Waals surface area contributed by atoms with Crippen LogP contribution in [0.3, 0.4) is 0 Å². The molecule has 0 amide bonds. The van der Waals surface area contributed by atoms with Crippen molar-refractivity contribution < 1.29 is 14.2 Å². The molecular formula is C19H24O3S. The van der Waals surface area contributed by atoms with Gasteiger partial charge in [0, 0.05) is 10.8 Å². The van der Waals surface area contributed by atoms with Crippen LogP contribution in [0.15, 0.2) is 42.5 Å². The van der Waals surface area contributed by atoms with E-state index in [9.17, 15) is 0 Å². The number of ether oxygens (including phenoxy) is 3. The Morgan fingerprint density at radius 3 is 2.52 bits per heavy atom. The minimum atomic E-state index is 0.352. The van der Waals surface area contributed by atoms with Gasteiger partial charge in [-0.15, -0.1) is 0 Å². The van der Waals surface area contributed by atoms with Crippen LogP contribution in [0, 0.1) is 0 Å². The largest absolute Gasteiger partial charge is 0.497 e. The fraction of sp³-hybridized carbons (Fsp3) is 0.368. The lowest BCUT2D eigenvalue weighted by atomic mass is 10.0. The Morgan fingerprint density at radius 1 is 1.04 bits per heavy atom. The first-order valence-electron chi connectivity index (χ1n) is 7.81. The second kappa shape index (κ2) is 8.73. The first-order valence-corrected chi connectivity index (χ1v) is 8.33. The van der Waals surface area contributed by atoms with Crippen LogP contribution in [0.5, 0.6) is 17.2 Å². The third-order valence-corrected chi connectivity index (χ3v) is 4.37. The smallest absolute Gasteiger partial charge is 0.168 e. The van der Waals surface area contributed by atoms with Crippen molar-refractivity contribution in [3.8, 4) is 28.4 Å². The number of thiol groups is 1. The predicted molar refractivity (Wildman–Crippen MR) is 98.2 cm³/mol. The van der Waals surface area contributed by atoms with Crippen molar-refractivity contribution in [1.29, 1.82) is 0 Å². The minimum Gasteiger partial charge on any atom is -0.497 e. The van der Waals surface area contributed by atoms with E-state index in [0.717, 1.165) is 41.2 Å². The molecule has 124 valence electrons. The van der Waals surface area contributed by atoms with E-state index in [1.54, 1.807) is 14.2 Å². The molecule has 0 heterocycles. The number of methoxy groups -OCH3 is 2. The van der Waals surface area contributed by atoms with Crippen molar-refractivity contribution in [2.24, 2.45) is 0 Å². The third-order valence-electron chi connectivity index (χ3n) is 3.75. The summed E-state index contributed by atoms with van der Waals surface area (Å²) in [5.41, 5.74) is 2.03. The lowest BCUT2D eigenvalue weighted by Gasteiger charge is -2.16. The van der Waals surface area contributed by atoms with Gasteiger partial charge in [-0.2, -0.15) is 12.6 Å². The van der Waals surface area contributed by atoms with Gasteiger partial charge < -0.3 is 14.2 Å². The summed E-state index contributed by atoms with van der Waals surface area (Å²) >= 11 is 4.52. The number of hydrogen-bond acceptors (Lipinski definition) is 4. The van der Waals surface area contributed by atoms with E-state index in [1.165, 1.54) is 0 Å². The quantitative estimate of drug-likeness (QED) is 0.700. The van der Waals surface area contributed by atoms with Crippen LogP contribution >= 0.6 is 12.6 Å². The number of para-hydroxylation sites is 1. The predicted octanol–water partition coefficient (Wildman–Crippen LogP) is 4.85. The first-order chi connectivity index (χ1) is 11.2. The summed E-state index contributed by atoms with van der Waals surface area (Å²) in [7, 11) is 3.32. The fourth-order valence-electron chi connectivity index (χ4n) is 2.34. The summed E-state index contributed by atoms with van der Waals surface area (Å²) in [5.74, 6) is 2.31. The second-order valence-corrected chi connectivity index (χ2v) is 6.00. The molecule has 3 nitrogen and oxygen atoms in total. The molecule has 0 aliphatic carbocycles. The van der Waals surface area contributed by atoms with Gasteiger partial charge in [-0.1, -0.05) is 31.2 Å². The van der Waals surface area contributed by atoms with Gasteiger partial charge in [-0.05, 0) is 36.6 Å². The molecule has 0 aromatic heterocycles. The van der Waals surface area contributed by atoms with Gasteiger partial charge in [0.1, 0.15) is 5.75 Å². The highest BCUT2D eigenvalue weighted by molar-refractivity contribution is 7.80. The minimum absolute atomic E-state index is 0.352. The van der Waals surface area contributed by atoms with Crippen LogP contribution in [0.1, 0.15) is 19.8 Å². The topological polar surface area (TPSA) is 27.7 Å². The van der Waals surface area contributed by atoms with E-state index in [0.29, 0.717) is 11.9 Å². The SMILES string of the molecule is CCC(S)CCOc1c(OC)cccc1-c1cccc(OC)c1. The Kier molecular flexibility index (Phi) is 6.66. The molecule has 0 N–H and O–H groups in total. The van der Waals surface area contributed by atoms with Crippen molar-refractivity contribution in [3.05, 3.63) is 42.5 Å². The number of hydrogen-bond donors (Lipinski definition) is 1. The molecule has 2 aromatic carbocycles. The highest BCUT2D eigenvalue weighted by Gasteiger charge is 2.13. The maximum Gasteiger partial charge on any atom is 0.168 e. The summed E-state index contributed by atoms with van der Waals surface area (Å²) < 4.78 is 16.8. The molecule has 2 rings (SSSR count). The van der Waals surface area contributed by atoms with Crippen LogP contribution in [0.4, 0.5) is 0 Å². The molecule has 1 unspecified atom stereocenters. The van der Waals surface area contributed by atoms with Gasteiger partial charge >= 0.3 is 0 Å². The normalized spacial score (nSPS) is 11.8. The molecule has 0 aliphatic rings. The Bertz CT molecular complexity index is 628. The molecule has 0 aliphatic heterocycles. The Labute approximate surface area is 144 Å². The Balaban J connectivity index is 2.31. The van der Waals surface area contributed by atoms with Gasteiger partial charge in [0.2, 0.25) is 0 Å². The van der Waals surface area contributed by atoms with Crippen molar-refractivity contribution in [2.45, 2.75) is 25.0 Å². The monoisotopic (exact) mass is 332 g/mol. The molecule has 4 heteroatoms. The van der Waals surface area contributed by atoms with Gasteiger partial charge in [0.25, 0.3) is 0 Å². The summed E-state index contributed by atoms with van der Waals surface area (Å²) in [4.78, 5) is 0.